The number of benzene rings is 1. The lowest BCUT2D eigenvalue weighted by molar-refractivity contribution is 0.100. The van der Waals surface area contributed by atoms with Gasteiger partial charge in [-0.05, 0) is 25.1 Å². The van der Waals surface area contributed by atoms with Crippen LogP contribution in [0.5, 0.6) is 0 Å². The summed E-state index contributed by atoms with van der Waals surface area (Å²) in [5.74, 6) is -0.415. The summed E-state index contributed by atoms with van der Waals surface area (Å²) in [5.41, 5.74) is 14.0. The molecule has 0 fully saturated rings. The van der Waals surface area contributed by atoms with Crippen molar-refractivity contribution in [2.45, 2.75) is 6.92 Å². The number of fused-ring (bicyclic) bond motifs is 3. The molecule has 18 heavy (non-hydrogen) atoms. The summed E-state index contributed by atoms with van der Waals surface area (Å²) in [5, 5.41) is 1.87. The van der Waals surface area contributed by atoms with Crippen molar-refractivity contribution in [2.24, 2.45) is 5.73 Å². The van der Waals surface area contributed by atoms with Crippen molar-refractivity contribution in [1.29, 1.82) is 0 Å². The van der Waals surface area contributed by atoms with Crippen LogP contribution in [-0.2, 0) is 0 Å². The molecule has 0 saturated carbocycles. The van der Waals surface area contributed by atoms with Gasteiger partial charge in [0.05, 0.1) is 5.56 Å². The average molecular weight is 240 g/mol. The van der Waals surface area contributed by atoms with E-state index in [1.807, 2.05) is 25.1 Å². The molecule has 1 aromatic carbocycles. The van der Waals surface area contributed by atoms with Gasteiger partial charge in [0, 0.05) is 16.3 Å². The molecular weight excluding hydrogens is 228 g/mol. The third kappa shape index (κ3) is 1.41. The standard InChI is InChI=1S/C13H12N4O/c1-6-2-3-10-7(4-6)8-5-9(12(15)18)11(14)17-13(8)16-10/h2-5H,1H3,(H2,15,18)(H3,14,16,17). The fraction of sp³-hybridized carbons (Fsp3) is 0.0769. The molecule has 1 amide bonds. The number of nitrogens with two attached hydrogens (primary N) is 2. The van der Waals surface area contributed by atoms with Crippen LogP contribution in [0.15, 0.2) is 24.3 Å². The first-order chi connectivity index (χ1) is 8.56. The average Bonchev–Trinajstić information content (AvgIpc) is 2.64. The highest BCUT2D eigenvalue weighted by Crippen LogP contribution is 2.27. The molecule has 2 heterocycles. The Morgan fingerprint density at radius 2 is 2.06 bits per heavy atom. The number of anilines is 1. The van der Waals surface area contributed by atoms with Crippen molar-refractivity contribution in [1.82, 2.24) is 9.97 Å². The predicted molar refractivity (Wildman–Crippen MR) is 71.3 cm³/mol. The van der Waals surface area contributed by atoms with Gasteiger partial charge in [0.2, 0.25) is 0 Å². The Bertz CT molecular complexity index is 788. The zero-order valence-corrected chi connectivity index (χ0v) is 9.82. The lowest BCUT2D eigenvalue weighted by Gasteiger charge is -2.00. The van der Waals surface area contributed by atoms with Crippen LogP contribution in [0.1, 0.15) is 15.9 Å². The lowest BCUT2D eigenvalue weighted by Crippen LogP contribution is -2.14. The maximum atomic E-state index is 11.3. The normalized spacial score (nSPS) is 11.2. The molecule has 0 atom stereocenters. The minimum Gasteiger partial charge on any atom is -0.383 e. The second kappa shape index (κ2) is 3.46. The summed E-state index contributed by atoms with van der Waals surface area (Å²) in [7, 11) is 0. The van der Waals surface area contributed by atoms with Gasteiger partial charge in [-0.3, -0.25) is 4.79 Å². The molecule has 0 bridgehead atoms. The summed E-state index contributed by atoms with van der Waals surface area (Å²) in [6, 6.07) is 7.72. The third-order valence-electron chi connectivity index (χ3n) is 3.04. The van der Waals surface area contributed by atoms with Gasteiger partial charge in [-0.25, -0.2) is 4.98 Å². The van der Waals surface area contributed by atoms with E-state index in [0.717, 1.165) is 21.9 Å². The highest BCUT2D eigenvalue weighted by molar-refractivity contribution is 6.10. The van der Waals surface area contributed by atoms with Crippen LogP contribution in [0.2, 0.25) is 0 Å². The Morgan fingerprint density at radius 1 is 1.28 bits per heavy atom. The molecule has 0 spiro atoms. The molecule has 3 aromatic rings. The van der Waals surface area contributed by atoms with E-state index in [-0.39, 0.29) is 11.4 Å². The summed E-state index contributed by atoms with van der Waals surface area (Å²) < 4.78 is 0. The van der Waals surface area contributed by atoms with E-state index in [1.54, 1.807) is 6.07 Å². The van der Waals surface area contributed by atoms with Crippen molar-refractivity contribution < 1.29 is 4.79 Å². The van der Waals surface area contributed by atoms with E-state index in [1.165, 1.54) is 0 Å². The van der Waals surface area contributed by atoms with Crippen molar-refractivity contribution >= 4 is 33.7 Å². The number of hydrogen-bond acceptors (Lipinski definition) is 3. The van der Waals surface area contributed by atoms with Gasteiger partial charge >= 0.3 is 0 Å². The second-order valence-electron chi connectivity index (χ2n) is 4.36. The predicted octanol–water partition coefficient (Wildman–Crippen LogP) is 1.71. The Morgan fingerprint density at radius 3 is 2.78 bits per heavy atom. The number of nitrogens with zero attached hydrogens (tertiary/aromatic N) is 1. The van der Waals surface area contributed by atoms with Crippen LogP contribution in [-0.4, -0.2) is 15.9 Å². The quantitative estimate of drug-likeness (QED) is 0.603. The smallest absolute Gasteiger partial charge is 0.252 e. The molecule has 0 aliphatic rings. The van der Waals surface area contributed by atoms with Gasteiger partial charge in [-0.1, -0.05) is 11.6 Å². The maximum absolute atomic E-state index is 11.3. The van der Waals surface area contributed by atoms with E-state index in [9.17, 15) is 4.79 Å². The topological polar surface area (TPSA) is 97.8 Å². The Kier molecular flexibility index (Phi) is 2.04. The molecule has 0 unspecified atom stereocenters. The number of carbonyl (C=O) groups is 1. The maximum Gasteiger partial charge on any atom is 0.252 e. The minimum atomic E-state index is -0.566. The number of pyridine rings is 1. The van der Waals surface area contributed by atoms with Crippen molar-refractivity contribution in [2.75, 3.05) is 5.73 Å². The van der Waals surface area contributed by atoms with Gasteiger partial charge in [-0.2, -0.15) is 0 Å². The Hall–Kier alpha value is -2.56. The number of H-pyrrole nitrogens is 1. The number of aromatic nitrogens is 2. The van der Waals surface area contributed by atoms with Crippen molar-refractivity contribution in [3.63, 3.8) is 0 Å². The highest BCUT2D eigenvalue weighted by atomic mass is 16.1. The monoisotopic (exact) mass is 240 g/mol. The summed E-state index contributed by atoms with van der Waals surface area (Å²) in [6.45, 7) is 2.01. The van der Waals surface area contributed by atoms with E-state index >= 15 is 0 Å². The molecular formula is C13H12N4O. The van der Waals surface area contributed by atoms with E-state index < -0.39 is 5.91 Å². The largest absolute Gasteiger partial charge is 0.383 e. The molecule has 0 aliphatic carbocycles. The molecule has 0 aliphatic heterocycles. The highest BCUT2D eigenvalue weighted by Gasteiger charge is 2.12. The SMILES string of the molecule is Cc1ccc2[nH]c3nc(N)c(C(N)=O)cc3c2c1. The fourth-order valence-corrected chi connectivity index (χ4v) is 2.14. The van der Waals surface area contributed by atoms with Crippen LogP contribution in [0.25, 0.3) is 21.9 Å². The minimum absolute atomic E-state index is 0.151. The van der Waals surface area contributed by atoms with Crippen LogP contribution < -0.4 is 11.5 Å². The van der Waals surface area contributed by atoms with Gasteiger partial charge in [0.25, 0.3) is 5.91 Å². The summed E-state index contributed by atoms with van der Waals surface area (Å²) in [4.78, 5) is 18.6. The van der Waals surface area contributed by atoms with Crippen LogP contribution in [0.4, 0.5) is 5.82 Å². The molecule has 0 saturated heterocycles. The number of carbonyl (C=O) groups excluding carboxylic acids is 1. The number of nitrogen functional groups attached to an aromatic ring is 1. The number of aromatic amines is 1. The number of amides is 1. The van der Waals surface area contributed by atoms with Crippen molar-refractivity contribution in [3.05, 3.63) is 35.4 Å². The van der Waals surface area contributed by atoms with Crippen LogP contribution >= 0.6 is 0 Å². The number of primary amides is 1. The Balaban J connectivity index is 2.46. The van der Waals surface area contributed by atoms with Gasteiger partial charge in [0.15, 0.2) is 0 Å². The zero-order valence-electron chi connectivity index (χ0n) is 9.82. The first-order valence-corrected chi connectivity index (χ1v) is 5.54. The molecule has 5 N–H and O–H groups in total. The first-order valence-electron chi connectivity index (χ1n) is 5.54. The molecule has 2 aromatic heterocycles. The number of hydrogen-bond donors (Lipinski definition) is 3. The molecule has 5 nitrogen and oxygen atoms in total. The molecule has 3 rings (SSSR count). The van der Waals surface area contributed by atoms with Gasteiger partial charge < -0.3 is 16.5 Å². The molecule has 0 radical (unpaired) electrons. The van der Waals surface area contributed by atoms with Crippen LogP contribution in [0.3, 0.4) is 0 Å². The summed E-state index contributed by atoms with van der Waals surface area (Å²) >= 11 is 0. The third-order valence-corrected chi connectivity index (χ3v) is 3.04. The van der Waals surface area contributed by atoms with E-state index in [2.05, 4.69) is 9.97 Å². The second-order valence-corrected chi connectivity index (χ2v) is 4.36. The van der Waals surface area contributed by atoms with Gasteiger partial charge in [-0.15, -0.1) is 0 Å². The first kappa shape index (κ1) is 10.6. The van der Waals surface area contributed by atoms with Crippen LogP contribution in [0, 0.1) is 6.92 Å². The lowest BCUT2D eigenvalue weighted by atomic mass is 10.1. The number of nitrogens with one attached hydrogen (secondary N) is 1. The fourth-order valence-electron chi connectivity index (χ4n) is 2.14. The number of aryl methyl sites for hydroxylation is 1. The van der Waals surface area contributed by atoms with Gasteiger partial charge in [0.1, 0.15) is 11.5 Å². The number of rotatable bonds is 1. The zero-order chi connectivity index (χ0) is 12.9. The summed E-state index contributed by atoms with van der Waals surface area (Å²) in [6.07, 6.45) is 0. The van der Waals surface area contributed by atoms with E-state index in [0.29, 0.717) is 5.65 Å². The molecule has 5 heteroatoms. The van der Waals surface area contributed by atoms with Crippen molar-refractivity contribution in [3.8, 4) is 0 Å². The Labute approximate surface area is 103 Å². The molecule has 90 valence electrons. The van der Waals surface area contributed by atoms with E-state index in [4.69, 9.17) is 11.5 Å².